The Balaban J connectivity index is 2.06. The second-order valence-electron chi connectivity index (χ2n) is 4.32. The molecule has 17 heavy (non-hydrogen) atoms. The maximum absolute atomic E-state index is 5.84. The molecule has 1 atom stereocenters. The zero-order valence-electron chi connectivity index (χ0n) is 10.7. The van der Waals surface area contributed by atoms with Crippen LogP contribution in [0.3, 0.4) is 0 Å². The Morgan fingerprint density at radius 1 is 1.29 bits per heavy atom. The minimum absolute atomic E-state index is 0.649. The number of rotatable bonds is 8. The van der Waals surface area contributed by atoms with Gasteiger partial charge in [0.2, 0.25) is 0 Å². The monoisotopic (exact) mass is 271 g/mol. The fraction of sp³-hybridized carbons (Fsp3) is 0.571. The summed E-state index contributed by atoms with van der Waals surface area (Å²) in [7, 11) is 0. The van der Waals surface area contributed by atoms with Crippen LogP contribution in [0.1, 0.15) is 32.3 Å². The van der Waals surface area contributed by atoms with E-state index in [0.717, 1.165) is 23.1 Å². The van der Waals surface area contributed by atoms with E-state index < -0.39 is 0 Å². The molecule has 0 aromatic heterocycles. The van der Waals surface area contributed by atoms with Crippen LogP contribution in [0, 0.1) is 0 Å². The number of hydrogen-bond acceptors (Lipinski definition) is 2. The number of benzene rings is 1. The predicted octanol–water partition coefficient (Wildman–Crippen LogP) is 4.35. The lowest BCUT2D eigenvalue weighted by molar-refractivity contribution is 0.526. The first-order valence-electron chi connectivity index (χ1n) is 6.28. The SMILES string of the molecule is CCCC(C)NCCSCc1ccc(Cl)cc1. The summed E-state index contributed by atoms with van der Waals surface area (Å²) in [4.78, 5) is 0. The summed E-state index contributed by atoms with van der Waals surface area (Å²) in [6.45, 7) is 5.58. The van der Waals surface area contributed by atoms with Gasteiger partial charge in [0.15, 0.2) is 0 Å². The van der Waals surface area contributed by atoms with Crippen LogP contribution in [-0.4, -0.2) is 18.3 Å². The molecule has 96 valence electrons. The third kappa shape index (κ3) is 6.97. The Labute approximate surface area is 114 Å². The maximum atomic E-state index is 5.84. The van der Waals surface area contributed by atoms with Crippen LogP contribution in [0.4, 0.5) is 0 Å². The van der Waals surface area contributed by atoms with E-state index in [-0.39, 0.29) is 0 Å². The first-order chi connectivity index (χ1) is 8.22. The molecular weight excluding hydrogens is 250 g/mol. The van der Waals surface area contributed by atoms with Crippen molar-refractivity contribution in [1.82, 2.24) is 5.32 Å². The molecule has 1 aromatic rings. The number of halogens is 1. The normalized spacial score (nSPS) is 12.6. The minimum atomic E-state index is 0.649. The summed E-state index contributed by atoms with van der Waals surface area (Å²) in [6.07, 6.45) is 2.52. The van der Waals surface area contributed by atoms with Gasteiger partial charge in [-0.25, -0.2) is 0 Å². The van der Waals surface area contributed by atoms with Gasteiger partial charge in [0, 0.05) is 29.1 Å². The van der Waals surface area contributed by atoms with E-state index in [4.69, 9.17) is 11.6 Å². The third-order valence-corrected chi connectivity index (χ3v) is 3.93. The first kappa shape index (κ1) is 14.9. The van der Waals surface area contributed by atoms with Crippen molar-refractivity contribution in [3.05, 3.63) is 34.9 Å². The van der Waals surface area contributed by atoms with Crippen molar-refractivity contribution in [2.45, 2.75) is 38.5 Å². The topological polar surface area (TPSA) is 12.0 Å². The second-order valence-corrected chi connectivity index (χ2v) is 5.86. The summed E-state index contributed by atoms with van der Waals surface area (Å²) in [6, 6.07) is 8.76. The molecule has 0 fully saturated rings. The van der Waals surface area contributed by atoms with E-state index in [1.807, 2.05) is 23.9 Å². The highest BCUT2D eigenvalue weighted by Crippen LogP contribution is 2.15. The molecule has 3 heteroatoms. The molecule has 1 aromatic carbocycles. The van der Waals surface area contributed by atoms with Crippen molar-refractivity contribution < 1.29 is 0 Å². The largest absolute Gasteiger partial charge is 0.313 e. The molecular formula is C14H22ClNS. The van der Waals surface area contributed by atoms with Gasteiger partial charge in [0.1, 0.15) is 0 Å². The van der Waals surface area contributed by atoms with E-state index in [9.17, 15) is 0 Å². The molecule has 0 spiro atoms. The van der Waals surface area contributed by atoms with Gasteiger partial charge >= 0.3 is 0 Å². The molecule has 0 saturated carbocycles. The van der Waals surface area contributed by atoms with Crippen molar-refractivity contribution in [3.8, 4) is 0 Å². The van der Waals surface area contributed by atoms with Crippen molar-refractivity contribution in [2.24, 2.45) is 0 Å². The standard InChI is InChI=1S/C14H22ClNS/c1-3-4-12(2)16-9-10-17-11-13-5-7-14(15)8-6-13/h5-8,12,16H,3-4,9-11H2,1-2H3. The molecule has 1 rings (SSSR count). The molecule has 0 radical (unpaired) electrons. The van der Waals surface area contributed by atoms with Gasteiger partial charge in [-0.2, -0.15) is 11.8 Å². The molecule has 0 heterocycles. The zero-order chi connectivity index (χ0) is 12.5. The van der Waals surface area contributed by atoms with Crippen LogP contribution in [0.5, 0.6) is 0 Å². The van der Waals surface area contributed by atoms with Crippen LogP contribution in [-0.2, 0) is 5.75 Å². The summed E-state index contributed by atoms with van der Waals surface area (Å²) in [5.41, 5.74) is 1.35. The van der Waals surface area contributed by atoms with Crippen molar-refractivity contribution >= 4 is 23.4 Å². The van der Waals surface area contributed by atoms with E-state index in [2.05, 4.69) is 31.3 Å². The van der Waals surface area contributed by atoms with Gasteiger partial charge in [-0.3, -0.25) is 0 Å². The number of hydrogen-bond donors (Lipinski definition) is 1. The van der Waals surface area contributed by atoms with Gasteiger partial charge < -0.3 is 5.32 Å². The van der Waals surface area contributed by atoms with Crippen LogP contribution in [0.2, 0.25) is 5.02 Å². The smallest absolute Gasteiger partial charge is 0.0406 e. The fourth-order valence-corrected chi connectivity index (χ4v) is 2.64. The molecule has 0 bridgehead atoms. The number of thioether (sulfide) groups is 1. The lowest BCUT2D eigenvalue weighted by Crippen LogP contribution is -2.27. The van der Waals surface area contributed by atoms with Gasteiger partial charge in [-0.05, 0) is 31.0 Å². The Bertz CT molecular complexity index is 300. The lowest BCUT2D eigenvalue weighted by Gasteiger charge is -2.12. The average molecular weight is 272 g/mol. The van der Waals surface area contributed by atoms with Gasteiger partial charge in [-0.15, -0.1) is 0 Å². The van der Waals surface area contributed by atoms with Crippen molar-refractivity contribution in [3.63, 3.8) is 0 Å². The summed E-state index contributed by atoms with van der Waals surface area (Å²) < 4.78 is 0. The maximum Gasteiger partial charge on any atom is 0.0406 e. The van der Waals surface area contributed by atoms with E-state index in [1.54, 1.807) is 0 Å². The average Bonchev–Trinajstić information content (AvgIpc) is 2.31. The molecule has 0 aliphatic rings. The lowest BCUT2D eigenvalue weighted by atomic mass is 10.2. The van der Waals surface area contributed by atoms with Crippen molar-refractivity contribution in [1.29, 1.82) is 0 Å². The van der Waals surface area contributed by atoms with E-state index in [0.29, 0.717) is 6.04 Å². The highest BCUT2D eigenvalue weighted by Gasteiger charge is 1.98. The molecule has 0 aliphatic heterocycles. The van der Waals surface area contributed by atoms with E-state index >= 15 is 0 Å². The fourth-order valence-electron chi connectivity index (χ4n) is 1.68. The van der Waals surface area contributed by atoms with Crippen LogP contribution >= 0.6 is 23.4 Å². The third-order valence-electron chi connectivity index (χ3n) is 2.64. The molecule has 1 nitrogen and oxygen atoms in total. The molecule has 0 amide bonds. The Morgan fingerprint density at radius 2 is 2.00 bits per heavy atom. The highest BCUT2D eigenvalue weighted by atomic mass is 35.5. The van der Waals surface area contributed by atoms with E-state index in [1.165, 1.54) is 18.4 Å². The van der Waals surface area contributed by atoms with Crippen LogP contribution in [0.25, 0.3) is 0 Å². The van der Waals surface area contributed by atoms with Gasteiger partial charge in [-0.1, -0.05) is 37.1 Å². The quantitative estimate of drug-likeness (QED) is 0.706. The Hall–Kier alpha value is -0.180. The highest BCUT2D eigenvalue weighted by molar-refractivity contribution is 7.98. The molecule has 0 saturated heterocycles. The minimum Gasteiger partial charge on any atom is -0.313 e. The predicted molar refractivity (Wildman–Crippen MR) is 80.0 cm³/mol. The second kappa shape index (κ2) is 8.84. The van der Waals surface area contributed by atoms with Gasteiger partial charge in [0.25, 0.3) is 0 Å². The van der Waals surface area contributed by atoms with Crippen LogP contribution < -0.4 is 5.32 Å². The Morgan fingerprint density at radius 3 is 2.65 bits per heavy atom. The number of nitrogens with one attached hydrogen (secondary N) is 1. The Kier molecular flexibility index (Phi) is 7.74. The van der Waals surface area contributed by atoms with Gasteiger partial charge in [0.05, 0.1) is 0 Å². The summed E-state index contributed by atoms with van der Waals surface area (Å²) >= 11 is 7.81. The van der Waals surface area contributed by atoms with Crippen LogP contribution in [0.15, 0.2) is 24.3 Å². The molecule has 1 N–H and O–H groups in total. The summed E-state index contributed by atoms with van der Waals surface area (Å²) in [5, 5.41) is 4.35. The zero-order valence-corrected chi connectivity index (χ0v) is 12.3. The van der Waals surface area contributed by atoms with Crippen molar-refractivity contribution in [2.75, 3.05) is 12.3 Å². The molecule has 0 aliphatic carbocycles. The molecule has 1 unspecified atom stereocenters. The first-order valence-corrected chi connectivity index (χ1v) is 7.81. The summed E-state index contributed by atoms with van der Waals surface area (Å²) in [5.74, 6) is 2.23.